The Hall–Kier alpha value is -1.78. The smallest absolute Gasteiger partial charge is 0.337 e. The first-order valence-corrected chi connectivity index (χ1v) is 11.3. The van der Waals surface area contributed by atoms with Crippen molar-refractivity contribution in [3.8, 4) is 0 Å². The fraction of sp³-hybridized carbons (Fsp3) is 0.421. The van der Waals surface area contributed by atoms with Crippen LogP contribution in [0.3, 0.4) is 0 Å². The van der Waals surface area contributed by atoms with Crippen molar-refractivity contribution in [3.05, 3.63) is 51.7 Å². The molecule has 28 heavy (non-hydrogen) atoms. The highest BCUT2D eigenvalue weighted by molar-refractivity contribution is 7.89. The maximum Gasteiger partial charge on any atom is 0.337 e. The van der Waals surface area contributed by atoms with Crippen molar-refractivity contribution < 1.29 is 22.7 Å². The van der Waals surface area contributed by atoms with Gasteiger partial charge in [0.25, 0.3) is 0 Å². The molecule has 2 aromatic rings. The van der Waals surface area contributed by atoms with Crippen LogP contribution in [0.15, 0.2) is 40.6 Å². The maximum atomic E-state index is 12.9. The zero-order valence-corrected chi connectivity index (χ0v) is 17.5. The molecule has 0 radical (unpaired) electrons. The number of benzene rings is 1. The molecule has 0 spiro atoms. The molecule has 2 heterocycles. The third-order valence-electron chi connectivity index (χ3n) is 4.71. The van der Waals surface area contributed by atoms with Gasteiger partial charge in [-0.05, 0) is 42.1 Å². The molecule has 1 fully saturated rings. The molecule has 0 amide bonds. The minimum absolute atomic E-state index is 0.0478. The Morgan fingerprint density at radius 3 is 2.68 bits per heavy atom. The molecule has 0 aliphatic carbocycles. The number of nitrogens with zero attached hydrogens (tertiary/aromatic N) is 1. The molecule has 1 unspecified atom stereocenters. The predicted octanol–water partition coefficient (Wildman–Crippen LogP) is 2.19. The van der Waals surface area contributed by atoms with Crippen molar-refractivity contribution in [1.82, 2.24) is 9.62 Å². The number of thiophene rings is 1. The highest BCUT2D eigenvalue weighted by atomic mass is 32.2. The third kappa shape index (κ3) is 4.79. The van der Waals surface area contributed by atoms with E-state index in [0.717, 1.165) is 18.0 Å². The van der Waals surface area contributed by atoms with Gasteiger partial charge in [0.2, 0.25) is 10.0 Å². The van der Waals surface area contributed by atoms with E-state index in [-0.39, 0.29) is 17.5 Å². The zero-order valence-electron chi connectivity index (χ0n) is 15.9. The Labute approximate surface area is 169 Å². The van der Waals surface area contributed by atoms with Crippen LogP contribution in [0, 0.1) is 6.92 Å². The number of carbonyl (C=O) groups excluding carboxylic acids is 1. The summed E-state index contributed by atoms with van der Waals surface area (Å²) in [4.78, 5) is 15.2. The fourth-order valence-electron chi connectivity index (χ4n) is 3.24. The van der Waals surface area contributed by atoms with E-state index in [0.29, 0.717) is 24.3 Å². The van der Waals surface area contributed by atoms with Gasteiger partial charge in [0.15, 0.2) is 0 Å². The zero-order chi connectivity index (χ0) is 20.1. The average Bonchev–Trinajstić information content (AvgIpc) is 3.22. The molecule has 3 rings (SSSR count). The van der Waals surface area contributed by atoms with Crippen LogP contribution in [0.4, 0.5) is 0 Å². The number of hydrogen-bond acceptors (Lipinski definition) is 7. The van der Waals surface area contributed by atoms with Gasteiger partial charge in [-0.25, -0.2) is 17.9 Å². The number of methoxy groups -OCH3 is 1. The van der Waals surface area contributed by atoms with Crippen LogP contribution in [0.25, 0.3) is 0 Å². The molecule has 152 valence electrons. The molecule has 1 aromatic heterocycles. The second-order valence-electron chi connectivity index (χ2n) is 6.50. The minimum atomic E-state index is -3.72. The lowest BCUT2D eigenvalue weighted by Gasteiger charge is -2.34. The Bertz CT molecular complexity index is 906. The van der Waals surface area contributed by atoms with Gasteiger partial charge in [-0.1, -0.05) is 6.07 Å². The fourth-order valence-corrected chi connectivity index (χ4v) is 5.37. The van der Waals surface area contributed by atoms with Crippen LogP contribution < -0.4 is 4.72 Å². The monoisotopic (exact) mass is 424 g/mol. The average molecular weight is 425 g/mol. The number of carbonyl (C=O) groups is 1. The first-order chi connectivity index (χ1) is 13.4. The Balaban J connectivity index is 1.78. The summed E-state index contributed by atoms with van der Waals surface area (Å²) in [7, 11) is -2.43. The second-order valence-corrected chi connectivity index (χ2v) is 9.22. The largest absolute Gasteiger partial charge is 0.465 e. The van der Waals surface area contributed by atoms with Crippen molar-refractivity contribution >= 4 is 27.3 Å². The topological polar surface area (TPSA) is 84.9 Å². The van der Waals surface area contributed by atoms with E-state index in [1.807, 2.05) is 17.5 Å². The van der Waals surface area contributed by atoms with Gasteiger partial charge in [-0.3, -0.25) is 4.90 Å². The summed E-state index contributed by atoms with van der Waals surface area (Å²) in [6.07, 6.45) is 0. The number of aryl methyl sites for hydroxylation is 1. The molecule has 1 aromatic carbocycles. The van der Waals surface area contributed by atoms with Crippen molar-refractivity contribution in [2.24, 2.45) is 0 Å². The molecule has 1 saturated heterocycles. The molecule has 1 aliphatic heterocycles. The Morgan fingerprint density at radius 2 is 2.07 bits per heavy atom. The number of esters is 1. The lowest BCUT2D eigenvalue weighted by Crippen LogP contribution is -2.43. The van der Waals surface area contributed by atoms with E-state index in [2.05, 4.69) is 14.4 Å². The van der Waals surface area contributed by atoms with Crippen molar-refractivity contribution in [2.75, 3.05) is 40.0 Å². The minimum Gasteiger partial charge on any atom is -0.465 e. The summed E-state index contributed by atoms with van der Waals surface area (Å²) < 4.78 is 38.6. The number of morpholine rings is 1. The molecule has 0 saturated carbocycles. The van der Waals surface area contributed by atoms with Crippen LogP contribution in [0.1, 0.15) is 26.8 Å². The molecule has 1 N–H and O–H groups in total. The number of ether oxygens (including phenoxy) is 2. The van der Waals surface area contributed by atoms with E-state index >= 15 is 0 Å². The van der Waals surface area contributed by atoms with Gasteiger partial charge >= 0.3 is 5.97 Å². The molecule has 0 bridgehead atoms. The summed E-state index contributed by atoms with van der Waals surface area (Å²) in [5.74, 6) is -0.495. The van der Waals surface area contributed by atoms with Crippen molar-refractivity contribution in [2.45, 2.75) is 17.9 Å². The predicted molar refractivity (Wildman–Crippen MR) is 107 cm³/mol. The number of nitrogens with one attached hydrogen (secondary N) is 1. The quantitative estimate of drug-likeness (QED) is 0.686. The van der Waals surface area contributed by atoms with Crippen LogP contribution in [0.2, 0.25) is 0 Å². The molecule has 7 nitrogen and oxygen atoms in total. The van der Waals surface area contributed by atoms with Crippen molar-refractivity contribution in [3.63, 3.8) is 0 Å². The van der Waals surface area contributed by atoms with Gasteiger partial charge in [0.05, 0.1) is 36.8 Å². The van der Waals surface area contributed by atoms with E-state index < -0.39 is 16.0 Å². The second kappa shape index (κ2) is 9.15. The maximum absolute atomic E-state index is 12.9. The molecular formula is C19H24N2O5S2. The lowest BCUT2D eigenvalue weighted by molar-refractivity contribution is 0.0179. The summed E-state index contributed by atoms with van der Waals surface area (Å²) >= 11 is 1.61. The van der Waals surface area contributed by atoms with Gasteiger partial charge in [0, 0.05) is 24.5 Å². The van der Waals surface area contributed by atoms with Gasteiger partial charge < -0.3 is 9.47 Å². The molecular weight excluding hydrogens is 400 g/mol. The normalized spacial score (nSPS) is 16.6. The van der Waals surface area contributed by atoms with E-state index in [4.69, 9.17) is 4.74 Å². The van der Waals surface area contributed by atoms with Crippen LogP contribution in [-0.4, -0.2) is 59.2 Å². The van der Waals surface area contributed by atoms with E-state index in [9.17, 15) is 13.2 Å². The van der Waals surface area contributed by atoms with Gasteiger partial charge in [0.1, 0.15) is 0 Å². The highest BCUT2D eigenvalue weighted by Crippen LogP contribution is 2.26. The number of rotatable bonds is 7. The SMILES string of the molecule is COC(=O)c1ccc(S(=O)(=O)NCC(c2cccs2)N2CCOCC2)c(C)c1. The van der Waals surface area contributed by atoms with Crippen LogP contribution >= 0.6 is 11.3 Å². The van der Waals surface area contributed by atoms with Gasteiger partial charge in [-0.15, -0.1) is 11.3 Å². The first-order valence-electron chi connectivity index (χ1n) is 8.96. The highest BCUT2D eigenvalue weighted by Gasteiger charge is 2.26. The Morgan fingerprint density at radius 1 is 1.32 bits per heavy atom. The van der Waals surface area contributed by atoms with E-state index in [1.54, 1.807) is 18.3 Å². The molecule has 9 heteroatoms. The summed E-state index contributed by atoms with van der Waals surface area (Å²) in [6, 6.07) is 8.38. The molecule has 1 atom stereocenters. The lowest BCUT2D eigenvalue weighted by atomic mass is 10.1. The third-order valence-corrected chi connectivity index (χ3v) is 7.27. The number of sulfonamides is 1. The summed E-state index contributed by atoms with van der Waals surface area (Å²) in [6.45, 7) is 4.74. The number of hydrogen-bond donors (Lipinski definition) is 1. The van der Waals surface area contributed by atoms with Gasteiger partial charge in [-0.2, -0.15) is 0 Å². The molecule has 1 aliphatic rings. The Kier molecular flexibility index (Phi) is 6.84. The van der Waals surface area contributed by atoms with Crippen molar-refractivity contribution in [1.29, 1.82) is 0 Å². The van der Waals surface area contributed by atoms with Crippen LogP contribution in [-0.2, 0) is 19.5 Å². The standard InChI is InChI=1S/C19H24N2O5S2/c1-14-12-15(19(22)25-2)5-6-18(14)28(23,24)20-13-16(17-4-3-11-27-17)21-7-9-26-10-8-21/h3-6,11-12,16,20H,7-10,13H2,1-2H3. The first kappa shape index (κ1) is 20.9. The summed E-state index contributed by atoms with van der Waals surface area (Å²) in [5, 5.41) is 1.99. The van der Waals surface area contributed by atoms with Crippen LogP contribution in [0.5, 0.6) is 0 Å². The summed E-state index contributed by atoms with van der Waals surface area (Å²) in [5.41, 5.74) is 0.818. The van der Waals surface area contributed by atoms with E-state index in [1.165, 1.54) is 25.3 Å².